The number of aromatic nitrogens is 1. The van der Waals surface area contributed by atoms with Gasteiger partial charge in [-0.25, -0.2) is 0 Å². The molecule has 1 heterocycles. The molecule has 0 unspecified atom stereocenters. The molecule has 4 aliphatic carbocycles. The van der Waals surface area contributed by atoms with E-state index in [1.807, 2.05) is 20.8 Å². The minimum absolute atomic E-state index is 0.0165. The van der Waals surface area contributed by atoms with Crippen LogP contribution in [-0.2, 0) is 0 Å². The predicted molar refractivity (Wildman–Crippen MR) is 107 cm³/mol. The highest BCUT2D eigenvalue weighted by atomic mass is 16.1. The largest absolute Gasteiger partial charge is 0.355 e. The van der Waals surface area contributed by atoms with Gasteiger partial charge in [0.25, 0.3) is 0 Å². The molecule has 1 aromatic heterocycles. The lowest BCUT2D eigenvalue weighted by Gasteiger charge is -2.59. The molecule has 4 bridgehead atoms. The second kappa shape index (κ2) is 6.58. The molecule has 5 rings (SSSR count). The normalized spacial score (nSPS) is 33.9. The van der Waals surface area contributed by atoms with E-state index < -0.39 is 0 Å². The van der Waals surface area contributed by atoms with Crippen LogP contribution in [0.5, 0.6) is 0 Å². The van der Waals surface area contributed by atoms with Crippen LogP contribution in [0.15, 0.2) is 0 Å². The van der Waals surface area contributed by atoms with E-state index in [0.717, 1.165) is 29.0 Å². The molecule has 0 radical (unpaired) electrons. The van der Waals surface area contributed by atoms with Crippen molar-refractivity contribution in [1.82, 2.24) is 10.3 Å². The maximum atomic E-state index is 13.1. The second-order valence-corrected chi connectivity index (χ2v) is 9.94. The van der Waals surface area contributed by atoms with Crippen LogP contribution in [-0.4, -0.2) is 28.6 Å². The molecule has 2 atom stereocenters. The first-order valence-corrected chi connectivity index (χ1v) is 10.7. The molecule has 1 aromatic rings. The number of aromatic amines is 1. The second-order valence-electron chi connectivity index (χ2n) is 9.94. The van der Waals surface area contributed by atoms with Gasteiger partial charge in [0, 0.05) is 17.3 Å². The van der Waals surface area contributed by atoms with Gasteiger partial charge in [0.1, 0.15) is 0 Å². The van der Waals surface area contributed by atoms with E-state index in [0.29, 0.717) is 22.7 Å². The molecule has 0 aliphatic heterocycles. The van der Waals surface area contributed by atoms with E-state index in [1.54, 1.807) is 6.92 Å². The Balaban J connectivity index is 1.49. The summed E-state index contributed by atoms with van der Waals surface area (Å²) in [5.74, 6) is 2.83. The fraction of sp³-hybridized carbons (Fsp3) is 0.739. The van der Waals surface area contributed by atoms with Gasteiger partial charge in [0.15, 0.2) is 11.6 Å². The molecule has 4 heteroatoms. The molecule has 0 spiro atoms. The molecule has 0 amide bonds. The summed E-state index contributed by atoms with van der Waals surface area (Å²) in [6.45, 7) is 9.58. The summed E-state index contributed by atoms with van der Waals surface area (Å²) in [6, 6.07) is 0.109. The van der Waals surface area contributed by atoms with Crippen LogP contribution in [0.2, 0.25) is 0 Å². The van der Waals surface area contributed by atoms with Gasteiger partial charge in [-0.2, -0.15) is 0 Å². The third-order valence-electron chi connectivity index (χ3n) is 7.93. The van der Waals surface area contributed by atoms with Crippen molar-refractivity contribution in [1.29, 1.82) is 0 Å². The summed E-state index contributed by atoms with van der Waals surface area (Å²) in [7, 11) is 0. The van der Waals surface area contributed by atoms with Gasteiger partial charge in [-0.15, -0.1) is 0 Å². The van der Waals surface area contributed by atoms with E-state index in [4.69, 9.17) is 0 Å². The molecule has 4 aliphatic rings. The zero-order valence-corrected chi connectivity index (χ0v) is 17.4. The number of ketones is 2. The zero-order valence-electron chi connectivity index (χ0n) is 17.4. The van der Waals surface area contributed by atoms with E-state index in [2.05, 4.69) is 17.2 Å². The van der Waals surface area contributed by atoms with Gasteiger partial charge < -0.3 is 10.3 Å². The van der Waals surface area contributed by atoms with Crippen molar-refractivity contribution in [3.63, 3.8) is 0 Å². The fourth-order valence-corrected chi connectivity index (χ4v) is 7.08. The van der Waals surface area contributed by atoms with Crippen molar-refractivity contribution in [3.8, 4) is 0 Å². The van der Waals surface area contributed by atoms with Crippen LogP contribution in [0.25, 0.3) is 0 Å². The molecule has 27 heavy (non-hydrogen) atoms. The van der Waals surface area contributed by atoms with Crippen molar-refractivity contribution in [2.24, 2.45) is 23.2 Å². The zero-order chi connectivity index (χ0) is 19.5. The Morgan fingerprint density at radius 1 is 1.04 bits per heavy atom. The number of H-pyrrole nitrogens is 1. The highest BCUT2D eigenvalue weighted by Crippen LogP contribution is 2.61. The first-order valence-electron chi connectivity index (χ1n) is 10.7. The first kappa shape index (κ1) is 18.9. The lowest BCUT2D eigenvalue weighted by Crippen LogP contribution is -2.57. The van der Waals surface area contributed by atoms with Crippen LogP contribution in [0.4, 0.5) is 0 Å². The van der Waals surface area contributed by atoms with E-state index in [9.17, 15) is 9.59 Å². The van der Waals surface area contributed by atoms with Crippen molar-refractivity contribution in [2.45, 2.75) is 85.2 Å². The summed E-state index contributed by atoms with van der Waals surface area (Å²) in [6.07, 6.45) is 8.33. The van der Waals surface area contributed by atoms with Crippen molar-refractivity contribution in [3.05, 3.63) is 22.5 Å². The highest BCUT2D eigenvalue weighted by molar-refractivity contribution is 6.05. The summed E-state index contributed by atoms with van der Waals surface area (Å²) in [5.41, 5.74) is 3.23. The number of nitrogens with one attached hydrogen (secondary N) is 2. The Hall–Kier alpha value is -1.42. The Bertz CT molecular complexity index is 740. The van der Waals surface area contributed by atoms with Crippen LogP contribution in [0.3, 0.4) is 0 Å². The van der Waals surface area contributed by atoms with Crippen molar-refractivity contribution in [2.75, 3.05) is 0 Å². The third-order valence-corrected chi connectivity index (χ3v) is 7.93. The monoisotopic (exact) mass is 370 g/mol. The topological polar surface area (TPSA) is 62.0 Å². The van der Waals surface area contributed by atoms with Crippen LogP contribution < -0.4 is 5.32 Å². The molecule has 148 valence electrons. The Kier molecular flexibility index (Phi) is 4.61. The van der Waals surface area contributed by atoms with Gasteiger partial charge in [-0.05, 0) is 102 Å². The Morgan fingerprint density at radius 3 is 2.00 bits per heavy atom. The molecule has 4 nitrogen and oxygen atoms in total. The lowest BCUT2D eigenvalue weighted by molar-refractivity contribution is -0.0712. The molecular weight excluding hydrogens is 336 g/mol. The Morgan fingerprint density at radius 2 is 1.56 bits per heavy atom. The van der Waals surface area contributed by atoms with Gasteiger partial charge in [-0.1, -0.05) is 0 Å². The number of carbonyl (C=O) groups excluding carboxylic acids is 2. The number of hydrogen-bond acceptors (Lipinski definition) is 3. The minimum Gasteiger partial charge on any atom is -0.355 e. The van der Waals surface area contributed by atoms with Gasteiger partial charge >= 0.3 is 0 Å². The summed E-state index contributed by atoms with van der Waals surface area (Å²) < 4.78 is 0. The van der Waals surface area contributed by atoms with Crippen LogP contribution in [0, 0.1) is 37.0 Å². The summed E-state index contributed by atoms with van der Waals surface area (Å²) in [4.78, 5) is 28.2. The van der Waals surface area contributed by atoms with Crippen LogP contribution in [0.1, 0.15) is 91.4 Å². The van der Waals surface area contributed by atoms with E-state index in [1.165, 1.54) is 38.5 Å². The standard InChI is InChI=1S/C23H34N2O2/c1-12-20(15(4)26)13(2)25-21(12)22(27)14(3)24-16(5)23-9-17-6-18(10-23)8-19(7-17)11-23/h14,16-19,24-25H,6-11H2,1-5H3/t14-,16+,17?,18?,19?,23?/m0/s1. The number of hydrogen-bond donors (Lipinski definition) is 2. The molecule has 2 N–H and O–H groups in total. The number of aryl methyl sites for hydroxylation is 1. The third kappa shape index (κ3) is 3.10. The average Bonchev–Trinajstić information content (AvgIpc) is 2.87. The van der Waals surface area contributed by atoms with Gasteiger partial charge in [0.05, 0.1) is 11.7 Å². The quantitative estimate of drug-likeness (QED) is 0.719. The lowest BCUT2D eigenvalue weighted by atomic mass is 9.48. The highest BCUT2D eigenvalue weighted by Gasteiger charge is 2.53. The molecule has 4 saturated carbocycles. The maximum absolute atomic E-state index is 13.1. The minimum atomic E-state index is -0.246. The number of Topliss-reactive ketones (excluding diaryl/α,β-unsaturated/α-hetero) is 2. The van der Waals surface area contributed by atoms with E-state index in [-0.39, 0.29) is 17.6 Å². The summed E-state index contributed by atoms with van der Waals surface area (Å²) in [5, 5.41) is 3.67. The van der Waals surface area contributed by atoms with Crippen molar-refractivity contribution >= 4 is 11.6 Å². The van der Waals surface area contributed by atoms with Gasteiger partial charge in [0.2, 0.25) is 0 Å². The predicted octanol–water partition coefficient (Wildman–Crippen LogP) is 4.60. The SMILES string of the molecule is CC(=O)c1c(C)[nH]c(C(=O)[C@H](C)N[C@H](C)C23CC4CC(CC(C4)C2)C3)c1C. The molecular formula is C23H34N2O2. The van der Waals surface area contributed by atoms with Crippen molar-refractivity contribution < 1.29 is 9.59 Å². The van der Waals surface area contributed by atoms with Crippen LogP contribution >= 0.6 is 0 Å². The fourth-order valence-electron chi connectivity index (χ4n) is 7.08. The smallest absolute Gasteiger partial charge is 0.195 e. The van der Waals surface area contributed by atoms with Gasteiger partial charge in [-0.3, -0.25) is 9.59 Å². The summed E-state index contributed by atoms with van der Waals surface area (Å²) >= 11 is 0. The maximum Gasteiger partial charge on any atom is 0.195 e. The van der Waals surface area contributed by atoms with E-state index >= 15 is 0 Å². The first-order chi connectivity index (χ1) is 12.7. The average molecular weight is 371 g/mol. The molecule has 0 aromatic carbocycles. The Labute approximate surface area is 162 Å². The molecule has 4 fully saturated rings. The number of rotatable bonds is 6. The molecule has 0 saturated heterocycles. The number of carbonyl (C=O) groups is 2.